The van der Waals surface area contributed by atoms with Gasteiger partial charge in [-0.3, -0.25) is 0 Å². The highest BCUT2D eigenvalue weighted by Crippen LogP contribution is 2.21. The highest BCUT2D eigenvalue weighted by atomic mass is 16.5. The Balaban J connectivity index is 1.49. The van der Waals surface area contributed by atoms with Crippen molar-refractivity contribution in [2.75, 3.05) is 32.5 Å². The van der Waals surface area contributed by atoms with Gasteiger partial charge in [0.25, 0.3) is 0 Å². The highest BCUT2D eigenvalue weighted by Gasteiger charge is 2.18. The predicted octanol–water partition coefficient (Wildman–Crippen LogP) is 2.86. The van der Waals surface area contributed by atoms with Gasteiger partial charge in [-0.25, -0.2) is 9.78 Å². The van der Waals surface area contributed by atoms with Crippen LogP contribution < -0.4 is 10.1 Å². The molecule has 2 heterocycles. The molecule has 3 rings (SSSR count). The highest BCUT2D eigenvalue weighted by molar-refractivity contribution is 5.89. The number of imidazole rings is 1. The lowest BCUT2D eigenvalue weighted by Gasteiger charge is -2.29. The first-order valence-corrected chi connectivity index (χ1v) is 8.97. The Morgan fingerprint density at radius 3 is 2.65 bits per heavy atom. The summed E-state index contributed by atoms with van der Waals surface area (Å²) in [6.45, 7) is 4.50. The van der Waals surface area contributed by atoms with Crippen LogP contribution in [0.1, 0.15) is 24.4 Å². The van der Waals surface area contributed by atoms with Crippen LogP contribution in [0.5, 0.6) is 5.75 Å². The number of piperidine rings is 1. The fourth-order valence-electron chi connectivity index (χ4n) is 2.97. The summed E-state index contributed by atoms with van der Waals surface area (Å²) in [5, 5.41) is 2.89. The van der Waals surface area contributed by atoms with Crippen molar-refractivity contribution in [1.29, 1.82) is 0 Å². The van der Waals surface area contributed by atoms with Crippen LogP contribution in [-0.4, -0.2) is 59.1 Å². The fraction of sp³-hybridized carbons (Fsp3) is 0.474. The number of urea groups is 1. The number of aromatic amines is 1. The van der Waals surface area contributed by atoms with Crippen LogP contribution in [0.4, 0.5) is 10.5 Å². The zero-order valence-corrected chi connectivity index (χ0v) is 15.7. The molecule has 1 aliphatic rings. The smallest absolute Gasteiger partial charge is 0.321 e. The second-order valence-electron chi connectivity index (χ2n) is 6.94. The molecule has 7 heteroatoms. The summed E-state index contributed by atoms with van der Waals surface area (Å²) in [5.41, 5.74) is 1.72. The maximum Gasteiger partial charge on any atom is 0.321 e. The number of carbonyl (C=O) groups is 1. The summed E-state index contributed by atoms with van der Waals surface area (Å²) < 4.78 is 6.03. The largest absolute Gasteiger partial charge is 0.490 e. The Bertz CT molecular complexity index is 720. The lowest BCUT2D eigenvalue weighted by atomic mass is 10.1. The Morgan fingerprint density at radius 2 is 2.04 bits per heavy atom. The van der Waals surface area contributed by atoms with Crippen LogP contribution in [0.3, 0.4) is 0 Å². The molecule has 0 bridgehead atoms. The molecule has 1 aromatic heterocycles. The van der Waals surface area contributed by atoms with Crippen molar-refractivity contribution >= 4 is 11.7 Å². The number of aryl methyl sites for hydroxylation is 1. The number of benzene rings is 1. The molecular formula is C19H27N5O2. The molecule has 1 aromatic carbocycles. The molecule has 1 aliphatic heterocycles. The molecule has 2 aromatic rings. The zero-order valence-electron chi connectivity index (χ0n) is 15.7. The topological polar surface area (TPSA) is 73.5 Å². The van der Waals surface area contributed by atoms with E-state index in [-0.39, 0.29) is 12.1 Å². The average Bonchev–Trinajstić information content (AvgIpc) is 3.03. The Labute approximate surface area is 154 Å². The first-order chi connectivity index (χ1) is 12.5. The first kappa shape index (κ1) is 18.3. The molecule has 2 amide bonds. The second kappa shape index (κ2) is 8.23. The van der Waals surface area contributed by atoms with Crippen molar-refractivity contribution in [3.63, 3.8) is 0 Å². The van der Waals surface area contributed by atoms with Crippen LogP contribution in [0.2, 0.25) is 0 Å². The maximum atomic E-state index is 12.3. The quantitative estimate of drug-likeness (QED) is 0.863. The van der Waals surface area contributed by atoms with Crippen molar-refractivity contribution in [1.82, 2.24) is 19.8 Å². The molecule has 26 heavy (non-hydrogen) atoms. The molecule has 1 fully saturated rings. The summed E-state index contributed by atoms with van der Waals surface area (Å²) in [4.78, 5) is 23.5. The molecule has 0 saturated carbocycles. The minimum Gasteiger partial charge on any atom is -0.490 e. The van der Waals surface area contributed by atoms with E-state index in [1.165, 1.54) is 0 Å². The minimum atomic E-state index is -0.178. The summed E-state index contributed by atoms with van der Waals surface area (Å²) in [6.07, 6.45) is 4.12. The van der Waals surface area contributed by atoms with E-state index in [1.807, 2.05) is 31.2 Å². The van der Waals surface area contributed by atoms with E-state index in [0.29, 0.717) is 6.54 Å². The molecular weight excluding hydrogens is 330 g/mol. The van der Waals surface area contributed by atoms with Crippen LogP contribution >= 0.6 is 0 Å². The van der Waals surface area contributed by atoms with Gasteiger partial charge in [0.05, 0.1) is 6.54 Å². The number of amides is 2. The number of ether oxygens (including phenoxy) is 1. The van der Waals surface area contributed by atoms with E-state index < -0.39 is 0 Å². The van der Waals surface area contributed by atoms with Gasteiger partial charge in [0.1, 0.15) is 17.7 Å². The second-order valence-corrected chi connectivity index (χ2v) is 6.94. The molecule has 7 nitrogen and oxygen atoms in total. The van der Waals surface area contributed by atoms with Gasteiger partial charge >= 0.3 is 6.03 Å². The molecule has 1 saturated heterocycles. The van der Waals surface area contributed by atoms with Crippen molar-refractivity contribution < 1.29 is 9.53 Å². The van der Waals surface area contributed by atoms with Crippen molar-refractivity contribution in [2.45, 2.75) is 32.4 Å². The molecule has 0 aliphatic carbocycles. The Kier molecular flexibility index (Phi) is 5.78. The average molecular weight is 357 g/mol. The van der Waals surface area contributed by atoms with Crippen LogP contribution in [0.15, 0.2) is 30.5 Å². The number of nitrogens with one attached hydrogen (secondary N) is 2. The van der Waals surface area contributed by atoms with Gasteiger partial charge < -0.3 is 24.8 Å². The molecule has 0 spiro atoms. The number of aromatic nitrogens is 2. The number of carbonyl (C=O) groups excluding carboxylic acids is 1. The van der Waals surface area contributed by atoms with Gasteiger partial charge in [0, 0.05) is 37.7 Å². The number of hydrogen-bond donors (Lipinski definition) is 2. The normalized spacial score (nSPS) is 15.7. The van der Waals surface area contributed by atoms with Crippen LogP contribution in [0.25, 0.3) is 0 Å². The molecule has 0 unspecified atom stereocenters. The minimum absolute atomic E-state index is 0.178. The summed E-state index contributed by atoms with van der Waals surface area (Å²) in [5.74, 6) is 1.61. The molecule has 0 radical (unpaired) electrons. The Morgan fingerprint density at radius 1 is 1.35 bits per heavy atom. The van der Waals surface area contributed by atoms with E-state index in [1.54, 1.807) is 18.1 Å². The number of anilines is 1. The van der Waals surface area contributed by atoms with E-state index in [9.17, 15) is 4.79 Å². The number of H-pyrrole nitrogens is 1. The van der Waals surface area contributed by atoms with Crippen molar-refractivity contribution in [2.24, 2.45) is 0 Å². The van der Waals surface area contributed by atoms with Gasteiger partial charge in [-0.2, -0.15) is 0 Å². The number of rotatable bonds is 5. The van der Waals surface area contributed by atoms with Crippen molar-refractivity contribution in [3.05, 3.63) is 42.0 Å². The van der Waals surface area contributed by atoms with Gasteiger partial charge in [0.15, 0.2) is 0 Å². The number of hydrogen-bond acceptors (Lipinski definition) is 4. The standard InChI is InChI=1S/C19H27N5O2/c1-14-12-20-18(21-14)13-24(3)19(25)22-15-4-6-16(7-5-15)26-17-8-10-23(2)11-9-17/h4-7,12,17H,8-11,13H2,1-3H3,(H,20,21)(H,22,25). The predicted molar refractivity (Wildman–Crippen MR) is 101 cm³/mol. The number of nitrogens with zero attached hydrogens (tertiary/aromatic N) is 3. The van der Waals surface area contributed by atoms with E-state index >= 15 is 0 Å². The zero-order chi connectivity index (χ0) is 18.5. The monoisotopic (exact) mass is 357 g/mol. The first-order valence-electron chi connectivity index (χ1n) is 8.97. The lowest BCUT2D eigenvalue weighted by molar-refractivity contribution is 0.114. The third-order valence-electron chi connectivity index (χ3n) is 4.56. The molecule has 2 N–H and O–H groups in total. The van der Waals surface area contributed by atoms with Gasteiger partial charge in [-0.05, 0) is 51.1 Å². The SMILES string of the molecule is Cc1cnc(CN(C)C(=O)Nc2ccc(OC3CCN(C)CC3)cc2)[nH]1. The lowest BCUT2D eigenvalue weighted by Crippen LogP contribution is -2.35. The fourth-order valence-corrected chi connectivity index (χ4v) is 2.97. The molecule has 0 atom stereocenters. The molecule has 140 valence electrons. The van der Waals surface area contributed by atoms with E-state index in [0.717, 1.165) is 48.9 Å². The third-order valence-corrected chi connectivity index (χ3v) is 4.56. The van der Waals surface area contributed by atoms with Crippen LogP contribution in [-0.2, 0) is 6.54 Å². The maximum absolute atomic E-state index is 12.3. The summed E-state index contributed by atoms with van der Waals surface area (Å²) >= 11 is 0. The van der Waals surface area contributed by atoms with E-state index in [4.69, 9.17) is 4.74 Å². The van der Waals surface area contributed by atoms with Gasteiger partial charge in [-0.15, -0.1) is 0 Å². The number of likely N-dealkylation sites (tertiary alicyclic amines) is 1. The van der Waals surface area contributed by atoms with Crippen LogP contribution in [0, 0.1) is 6.92 Å². The Hall–Kier alpha value is -2.54. The summed E-state index contributed by atoms with van der Waals surface area (Å²) in [7, 11) is 3.88. The van der Waals surface area contributed by atoms with E-state index in [2.05, 4.69) is 27.2 Å². The van der Waals surface area contributed by atoms with Gasteiger partial charge in [-0.1, -0.05) is 0 Å². The van der Waals surface area contributed by atoms with Gasteiger partial charge in [0.2, 0.25) is 0 Å². The summed E-state index contributed by atoms with van der Waals surface area (Å²) in [6, 6.07) is 7.37. The van der Waals surface area contributed by atoms with Crippen molar-refractivity contribution in [3.8, 4) is 5.75 Å². The third kappa shape index (κ3) is 4.98.